The zero-order valence-corrected chi connectivity index (χ0v) is 41.3. The number of amides is 2. The van der Waals surface area contributed by atoms with Crippen LogP contribution in [-0.4, -0.2) is 86.6 Å². The summed E-state index contributed by atoms with van der Waals surface area (Å²) in [7, 11) is -20.0. The Bertz CT molecular complexity index is 2990. The number of sulfone groups is 1. The van der Waals surface area contributed by atoms with Gasteiger partial charge in [-0.15, -0.1) is 15.2 Å². The summed E-state index contributed by atoms with van der Waals surface area (Å²) in [5, 5.41) is 26.9. The molecule has 0 saturated carbocycles. The van der Waals surface area contributed by atoms with E-state index < -0.39 is 85.2 Å². The first kappa shape index (κ1) is 54.5. The van der Waals surface area contributed by atoms with Gasteiger partial charge >= 0.3 is 113 Å². The van der Waals surface area contributed by atoms with Crippen LogP contribution < -0.4 is 120 Å². The Labute approximate surface area is 418 Å². The minimum Gasteiger partial charge on any atom is -0.744 e. The van der Waals surface area contributed by atoms with E-state index >= 15 is 0 Å². The number of rotatable bonds is 16. The van der Waals surface area contributed by atoms with Crippen LogP contribution in [0.5, 0.6) is 0 Å². The van der Waals surface area contributed by atoms with Gasteiger partial charge in [-0.3, -0.25) is 4.18 Å². The molecule has 310 valence electrons. The predicted octanol–water partition coefficient (Wildman–Crippen LogP) is -9.02. The third-order valence-electron chi connectivity index (χ3n) is 7.19. The van der Waals surface area contributed by atoms with Crippen LogP contribution in [0, 0.1) is 0 Å². The molecule has 0 radical (unpaired) electrons. The molecule has 0 saturated heterocycles. The second-order valence-corrected chi connectivity index (χ2v) is 17.2. The molecule has 0 aliphatic rings. The molecule has 5 aromatic rings. The van der Waals surface area contributed by atoms with Crippen LogP contribution in [0.4, 0.5) is 45.1 Å². The Morgan fingerprint density at radius 2 is 1.34 bits per heavy atom. The van der Waals surface area contributed by atoms with E-state index in [-0.39, 0.29) is 135 Å². The molecule has 2 amide bonds. The topological polar surface area (TPSA) is 402 Å². The molecule has 0 spiro atoms. The molecule has 2 aromatic heterocycles. The Morgan fingerprint density at radius 1 is 0.726 bits per heavy atom. The Balaban J connectivity index is 0.00000441. The number of pyridine rings is 1. The van der Waals surface area contributed by atoms with Crippen LogP contribution in [0.2, 0.25) is 0 Å². The average molecular weight is 961 g/mol. The molecular formula is C30H23N10Na3O15S4. The number of aromatic nitrogens is 4. The molecule has 5 N–H and O–H groups in total. The summed E-state index contributed by atoms with van der Waals surface area (Å²) >= 11 is 0. The largest absolute Gasteiger partial charge is 1.00 e. The van der Waals surface area contributed by atoms with Crippen molar-refractivity contribution in [2.75, 3.05) is 28.3 Å². The number of azo groups is 1. The maximum Gasteiger partial charge on any atom is 1.00 e. The van der Waals surface area contributed by atoms with Crippen LogP contribution in [0.1, 0.15) is 10.4 Å². The molecule has 5 rings (SSSR count). The molecule has 0 unspecified atom stereocenters. The number of carboxylic acids is 1. The third kappa shape index (κ3) is 15.6. The Morgan fingerprint density at radius 3 is 1.92 bits per heavy atom. The van der Waals surface area contributed by atoms with Gasteiger partial charge in [0.15, 0.2) is 9.84 Å². The van der Waals surface area contributed by atoms with Crippen molar-refractivity contribution in [2.24, 2.45) is 16.0 Å². The number of aromatic carboxylic acids is 1. The standard InChI is InChI=1S/C30H26N10O15S4.3Na/c31-27(43)34-24-14-19(6-8-22(24)38-39-23-9-7-20(15-25(23)58(49,50)51)56(44,45)12-11-55-59(52,53)54)33-29-35-28(32-18-4-1-5-21(13-18)57(46,47)48)36-30(37-29)40-10-2-3-17(16-40)26(41)42;;;/h1-10,13-16H,11-12H2,(H8-,31,32,33,34,35,36,37,39,41,42,43,46,47,48,49,50,51,52,53,54);;;/q;3*+1/p-3. The van der Waals surface area contributed by atoms with Gasteiger partial charge in [-0.1, -0.05) is 6.07 Å². The second-order valence-electron chi connectivity index (χ2n) is 11.4. The number of carbonyl (C=O) groups is 2. The summed E-state index contributed by atoms with van der Waals surface area (Å²) in [6, 6.07) is 12.0. The number of anilines is 5. The van der Waals surface area contributed by atoms with Crippen LogP contribution in [-0.2, 0) is 44.7 Å². The molecule has 32 heteroatoms. The summed E-state index contributed by atoms with van der Waals surface area (Å²) in [6.45, 7) is -1.11. The number of carboxylic acid groups (broad SMARTS) is 1. The van der Waals surface area contributed by atoms with Gasteiger partial charge in [0, 0.05) is 16.9 Å². The second kappa shape index (κ2) is 22.3. The van der Waals surface area contributed by atoms with Crippen LogP contribution in [0.15, 0.2) is 110 Å². The van der Waals surface area contributed by atoms with Gasteiger partial charge in [0.2, 0.25) is 10.4 Å². The summed E-state index contributed by atoms with van der Waals surface area (Å²) in [5.74, 6) is -3.32. The van der Waals surface area contributed by atoms with Gasteiger partial charge in [-0.2, -0.15) is 0 Å². The van der Waals surface area contributed by atoms with Crippen LogP contribution in [0.25, 0.3) is 5.95 Å². The normalized spacial score (nSPS) is 11.7. The summed E-state index contributed by atoms with van der Waals surface area (Å²) in [4.78, 5) is 33.7. The van der Waals surface area contributed by atoms with E-state index in [0.717, 1.165) is 30.5 Å². The average Bonchev–Trinajstić information content (AvgIpc) is 3.13. The van der Waals surface area contributed by atoms with Crippen LogP contribution in [0.3, 0.4) is 0 Å². The number of nitrogens with zero attached hydrogens (tertiary/aromatic N) is 6. The molecule has 0 fully saturated rings. The monoisotopic (exact) mass is 960 g/mol. The molecule has 0 aliphatic heterocycles. The zero-order chi connectivity index (χ0) is 43.3. The fourth-order valence-corrected chi connectivity index (χ4v) is 7.41. The van der Waals surface area contributed by atoms with Gasteiger partial charge in [-0.25, -0.2) is 43.0 Å². The number of primary amides is 1. The van der Waals surface area contributed by atoms with Crippen molar-refractivity contribution in [2.45, 2.75) is 14.7 Å². The van der Waals surface area contributed by atoms with E-state index in [0.29, 0.717) is 6.07 Å². The molecular weight excluding hydrogens is 938 g/mol. The quantitative estimate of drug-likeness (QED) is 0.0234. The molecule has 0 aliphatic carbocycles. The molecule has 2 heterocycles. The first-order chi connectivity index (χ1) is 27.5. The van der Waals surface area contributed by atoms with E-state index in [1.807, 2.05) is 0 Å². The van der Waals surface area contributed by atoms with Crippen molar-refractivity contribution in [3.05, 3.63) is 90.8 Å². The maximum absolute atomic E-state index is 12.6. The van der Waals surface area contributed by atoms with E-state index in [1.54, 1.807) is 0 Å². The number of urea groups is 1. The summed E-state index contributed by atoms with van der Waals surface area (Å²) in [6.07, 6.45) is 2.50. The Hall–Kier alpha value is -3.60. The summed E-state index contributed by atoms with van der Waals surface area (Å²) in [5.41, 5.74) is 4.13. The maximum atomic E-state index is 12.6. The molecule has 62 heavy (non-hydrogen) atoms. The number of hydrogen-bond acceptors (Lipinski definition) is 22. The first-order valence-electron chi connectivity index (χ1n) is 15.6. The predicted molar refractivity (Wildman–Crippen MR) is 193 cm³/mol. The third-order valence-corrected chi connectivity index (χ3v) is 11.0. The number of nitrogens with two attached hydrogens (primary N) is 1. The van der Waals surface area contributed by atoms with Crippen LogP contribution >= 0.6 is 0 Å². The minimum absolute atomic E-state index is 0. The van der Waals surface area contributed by atoms with Gasteiger partial charge in [0.1, 0.15) is 31.6 Å². The van der Waals surface area contributed by atoms with Gasteiger partial charge in [0.05, 0.1) is 51.1 Å². The number of nitrogens with one attached hydrogen (secondary N) is 3. The van der Waals surface area contributed by atoms with E-state index in [1.165, 1.54) is 53.2 Å². The SMILES string of the molecule is NC(=O)Nc1cc(Nc2nc(Nc3cccc(S(=O)(=O)[O-])c3)nc(-[n+]3cccc(C(=O)[O-])c3)n2)ccc1N=Nc1ccc(S(=O)(=O)CCOS(=O)(=O)[O-])cc1S(=O)(=O)[O-].[Na+].[Na+].[Na+]. The molecule has 25 nitrogen and oxygen atoms in total. The van der Waals surface area contributed by atoms with Gasteiger partial charge in [0.25, 0.3) is 0 Å². The van der Waals surface area contributed by atoms with Crippen molar-refractivity contribution in [3.63, 3.8) is 0 Å². The molecule has 0 atom stereocenters. The number of benzene rings is 3. The fourth-order valence-electron chi connectivity index (χ4n) is 4.68. The Kier molecular flexibility index (Phi) is 19.7. The van der Waals surface area contributed by atoms with Gasteiger partial charge < -0.3 is 45.2 Å². The van der Waals surface area contributed by atoms with E-state index in [2.05, 4.69) is 45.3 Å². The summed E-state index contributed by atoms with van der Waals surface area (Å²) < 4.78 is 133. The number of hydrogen-bond donors (Lipinski definition) is 4. The zero-order valence-electron chi connectivity index (χ0n) is 32.0. The molecule has 0 bridgehead atoms. The number of carbonyl (C=O) groups excluding carboxylic acids is 2. The van der Waals surface area contributed by atoms with E-state index in [9.17, 15) is 62.0 Å². The van der Waals surface area contributed by atoms with Crippen molar-refractivity contribution >= 4 is 92.8 Å². The smallest absolute Gasteiger partial charge is 0.744 e. The molecule has 3 aromatic carbocycles. The van der Waals surface area contributed by atoms with E-state index in [4.69, 9.17) is 5.73 Å². The van der Waals surface area contributed by atoms with Gasteiger partial charge in [-0.05, 0) is 76.7 Å². The van der Waals surface area contributed by atoms with Crippen molar-refractivity contribution in [1.29, 1.82) is 0 Å². The van der Waals surface area contributed by atoms with Crippen molar-refractivity contribution < 1.29 is 159 Å². The minimum atomic E-state index is -5.44. The first-order valence-corrected chi connectivity index (χ1v) is 21.4. The van der Waals surface area contributed by atoms with Crippen molar-refractivity contribution in [1.82, 2.24) is 15.0 Å². The fraction of sp³-hybridized carbons (Fsp3) is 0.0667. The van der Waals surface area contributed by atoms with Crippen molar-refractivity contribution in [3.8, 4) is 5.95 Å².